The molecular formula is C13H17ClO3. The molecule has 0 aliphatic heterocycles. The van der Waals surface area contributed by atoms with Gasteiger partial charge >= 0.3 is 5.97 Å². The van der Waals surface area contributed by atoms with Gasteiger partial charge in [0.1, 0.15) is 5.75 Å². The standard InChI is InChI=1S/C13H17ClO3/c1-8(2)17-12-5-4-10(7-11(12)14)9(3)6-13(15)16/h4-5,7-9H,6H2,1-3H3,(H,15,16). The summed E-state index contributed by atoms with van der Waals surface area (Å²) in [6.45, 7) is 5.72. The normalized spacial score (nSPS) is 12.5. The number of benzene rings is 1. The van der Waals surface area contributed by atoms with Gasteiger partial charge in [-0.3, -0.25) is 4.79 Å². The fraction of sp³-hybridized carbons (Fsp3) is 0.462. The first kappa shape index (κ1) is 13.8. The van der Waals surface area contributed by atoms with Crippen LogP contribution in [0.3, 0.4) is 0 Å². The van der Waals surface area contributed by atoms with E-state index in [2.05, 4.69) is 0 Å². The van der Waals surface area contributed by atoms with Crippen molar-refractivity contribution in [3.05, 3.63) is 28.8 Å². The zero-order valence-corrected chi connectivity index (χ0v) is 11.0. The number of rotatable bonds is 5. The predicted molar refractivity (Wildman–Crippen MR) is 67.9 cm³/mol. The molecular weight excluding hydrogens is 240 g/mol. The largest absolute Gasteiger partial charge is 0.489 e. The lowest BCUT2D eigenvalue weighted by molar-refractivity contribution is -0.137. The molecule has 0 amide bonds. The van der Waals surface area contributed by atoms with E-state index in [1.165, 1.54) is 0 Å². The monoisotopic (exact) mass is 256 g/mol. The summed E-state index contributed by atoms with van der Waals surface area (Å²) < 4.78 is 5.51. The van der Waals surface area contributed by atoms with E-state index in [1.807, 2.05) is 26.8 Å². The Morgan fingerprint density at radius 1 is 1.41 bits per heavy atom. The summed E-state index contributed by atoms with van der Waals surface area (Å²) in [6.07, 6.45) is 0.163. The quantitative estimate of drug-likeness (QED) is 0.874. The molecule has 0 radical (unpaired) electrons. The Labute approximate surface area is 106 Å². The van der Waals surface area contributed by atoms with Crippen LogP contribution in [0.25, 0.3) is 0 Å². The molecule has 0 fully saturated rings. The molecule has 0 saturated carbocycles. The first-order valence-electron chi connectivity index (χ1n) is 5.58. The van der Waals surface area contributed by atoms with Crippen LogP contribution in [0.2, 0.25) is 5.02 Å². The minimum Gasteiger partial charge on any atom is -0.489 e. The van der Waals surface area contributed by atoms with Gasteiger partial charge in [0.15, 0.2) is 0 Å². The Bertz CT molecular complexity index is 402. The van der Waals surface area contributed by atoms with Crippen LogP contribution in [0.15, 0.2) is 18.2 Å². The van der Waals surface area contributed by atoms with E-state index in [0.29, 0.717) is 10.8 Å². The van der Waals surface area contributed by atoms with E-state index in [1.54, 1.807) is 12.1 Å². The van der Waals surface area contributed by atoms with Crippen molar-refractivity contribution in [1.82, 2.24) is 0 Å². The van der Waals surface area contributed by atoms with E-state index < -0.39 is 5.97 Å². The molecule has 0 spiro atoms. The molecule has 1 rings (SSSR count). The molecule has 1 aromatic carbocycles. The lowest BCUT2D eigenvalue weighted by atomic mass is 9.98. The first-order valence-corrected chi connectivity index (χ1v) is 5.96. The number of aliphatic carboxylic acids is 1. The van der Waals surface area contributed by atoms with Gasteiger partial charge in [-0.1, -0.05) is 24.6 Å². The van der Waals surface area contributed by atoms with E-state index in [4.69, 9.17) is 21.4 Å². The molecule has 0 saturated heterocycles. The van der Waals surface area contributed by atoms with Crippen molar-refractivity contribution < 1.29 is 14.6 Å². The SMILES string of the molecule is CC(C)Oc1ccc(C(C)CC(=O)O)cc1Cl. The Morgan fingerprint density at radius 2 is 2.06 bits per heavy atom. The fourth-order valence-electron chi connectivity index (χ4n) is 1.55. The topological polar surface area (TPSA) is 46.5 Å². The molecule has 1 aromatic rings. The average Bonchev–Trinajstić information content (AvgIpc) is 2.19. The third kappa shape index (κ3) is 4.27. The maximum absolute atomic E-state index is 10.6. The number of ether oxygens (including phenoxy) is 1. The van der Waals surface area contributed by atoms with Crippen molar-refractivity contribution in [3.63, 3.8) is 0 Å². The van der Waals surface area contributed by atoms with Crippen LogP contribution in [0.5, 0.6) is 5.75 Å². The highest BCUT2D eigenvalue weighted by atomic mass is 35.5. The van der Waals surface area contributed by atoms with Gasteiger partial charge in [0.05, 0.1) is 17.5 Å². The smallest absolute Gasteiger partial charge is 0.303 e. The van der Waals surface area contributed by atoms with Crippen LogP contribution < -0.4 is 4.74 Å². The molecule has 0 aliphatic carbocycles. The van der Waals surface area contributed by atoms with Crippen molar-refractivity contribution >= 4 is 17.6 Å². The van der Waals surface area contributed by atoms with Crippen LogP contribution >= 0.6 is 11.6 Å². The summed E-state index contributed by atoms with van der Waals surface area (Å²) in [4.78, 5) is 10.6. The Kier molecular flexibility index (Phi) is 4.82. The number of carboxylic acid groups (broad SMARTS) is 1. The molecule has 0 heterocycles. The third-order valence-corrected chi connectivity index (χ3v) is 2.66. The molecule has 94 valence electrons. The fourth-order valence-corrected chi connectivity index (χ4v) is 1.79. The lowest BCUT2D eigenvalue weighted by Crippen LogP contribution is -2.07. The van der Waals surface area contributed by atoms with Gasteiger partial charge in [-0.05, 0) is 37.5 Å². The van der Waals surface area contributed by atoms with E-state index in [-0.39, 0.29) is 18.4 Å². The van der Waals surface area contributed by atoms with Crippen LogP contribution in [0.1, 0.15) is 38.7 Å². The Hall–Kier alpha value is -1.22. The van der Waals surface area contributed by atoms with E-state index in [9.17, 15) is 4.79 Å². The number of carbonyl (C=O) groups is 1. The number of hydrogen-bond donors (Lipinski definition) is 1. The van der Waals surface area contributed by atoms with Crippen molar-refractivity contribution in [2.45, 2.75) is 39.2 Å². The van der Waals surface area contributed by atoms with Gasteiger partial charge in [-0.15, -0.1) is 0 Å². The number of hydrogen-bond acceptors (Lipinski definition) is 2. The van der Waals surface area contributed by atoms with Crippen LogP contribution in [0, 0.1) is 0 Å². The summed E-state index contributed by atoms with van der Waals surface area (Å²) >= 11 is 6.08. The molecule has 1 unspecified atom stereocenters. The summed E-state index contributed by atoms with van der Waals surface area (Å²) in [6, 6.07) is 5.42. The number of halogens is 1. The summed E-state index contributed by atoms with van der Waals surface area (Å²) in [5.41, 5.74) is 0.911. The molecule has 17 heavy (non-hydrogen) atoms. The van der Waals surface area contributed by atoms with Gasteiger partial charge in [-0.25, -0.2) is 0 Å². The lowest BCUT2D eigenvalue weighted by Gasteiger charge is -2.14. The van der Waals surface area contributed by atoms with Gasteiger partial charge < -0.3 is 9.84 Å². The second-order valence-corrected chi connectivity index (χ2v) is 4.76. The molecule has 3 nitrogen and oxygen atoms in total. The second-order valence-electron chi connectivity index (χ2n) is 4.36. The van der Waals surface area contributed by atoms with Crippen LogP contribution in [0.4, 0.5) is 0 Å². The maximum atomic E-state index is 10.6. The summed E-state index contributed by atoms with van der Waals surface area (Å²) in [5, 5.41) is 9.25. The van der Waals surface area contributed by atoms with E-state index in [0.717, 1.165) is 5.56 Å². The summed E-state index contributed by atoms with van der Waals surface area (Å²) in [5.74, 6) is -0.234. The molecule has 1 N–H and O–H groups in total. The highest BCUT2D eigenvalue weighted by Crippen LogP contribution is 2.30. The third-order valence-electron chi connectivity index (χ3n) is 2.37. The molecule has 0 bridgehead atoms. The van der Waals surface area contributed by atoms with Crippen LogP contribution in [-0.4, -0.2) is 17.2 Å². The van der Waals surface area contributed by atoms with Crippen molar-refractivity contribution in [3.8, 4) is 5.75 Å². The maximum Gasteiger partial charge on any atom is 0.303 e. The minimum atomic E-state index is -0.809. The predicted octanol–water partition coefficient (Wildman–Crippen LogP) is 3.71. The zero-order valence-electron chi connectivity index (χ0n) is 10.2. The van der Waals surface area contributed by atoms with Gasteiger partial charge in [-0.2, -0.15) is 0 Å². The van der Waals surface area contributed by atoms with Crippen molar-refractivity contribution in [2.75, 3.05) is 0 Å². The molecule has 1 atom stereocenters. The second kappa shape index (κ2) is 5.92. The minimum absolute atomic E-state index is 0.0573. The molecule has 0 aromatic heterocycles. The Morgan fingerprint density at radius 3 is 2.53 bits per heavy atom. The highest BCUT2D eigenvalue weighted by Gasteiger charge is 2.12. The van der Waals surface area contributed by atoms with Crippen molar-refractivity contribution in [2.24, 2.45) is 0 Å². The average molecular weight is 257 g/mol. The Balaban J connectivity index is 2.84. The van der Waals surface area contributed by atoms with Gasteiger partial charge in [0, 0.05) is 0 Å². The first-order chi connectivity index (χ1) is 7.90. The molecule has 0 aliphatic rings. The van der Waals surface area contributed by atoms with Crippen LogP contribution in [-0.2, 0) is 4.79 Å². The highest BCUT2D eigenvalue weighted by molar-refractivity contribution is 6.32. The van der Waals surface area contributed by atoms with Gasteiger partial charge in [0.25, 0.3) is 0 Å². The summed E-state index contributed by atoms with van der Waals surface area (Å²) in [7, 11) is 0. The number of carboxylic acids is 1. The van der Waals surface area contributed by atoms with Gasteiger partial charge in [0.2, 0.25) is 0 Å². The van der Waals surface area contributed by atoms with E-state index >= 15 is 0 Å². The zero-order chi connectivity index (χ0) is 13.0. The molecule has 4 heteroatoms. The van der Waals surface area contributed by atoms with Crippen molar-refractivity contribution in [1.29, 1.82) is 0 Å².